The third-order valence-corrected chi connectivity index (χ3v) is 4.41. The van der Waals surface area contributed by atoms with Crippen LogP contribution in [0.4, 0.5) is 0 Å². The lowest BCUT2D eigenvalue weighted by Crippen LogP contribution is -2.41. The van der Waals surface area contributed by atoms with Crippen molar-refractivity contribution >= 4 is 40.3 Å². The predicted octanol–water partition coefficient (Wildman–Crippen LogP) is 2.87. The summed E-state index contributed by atoms with van der Waals surface area (Å²) in [4.78, 5) is 14.2. The second-order valence-corrected chi connectivity index (χ2v) is 6.73. The van der Waals surface area contributed by atoms with E-state index in [1.165, 1.54) is 0 Å². The molecule has 1 aliphatic heterocycles. The van der Waals surface area contributed by atoms with Crippen molar-refractivity contribution in [2.75, 3.05) is 18.8 Å². The van der Waals surface area contributed by atoms with Crippen molar-refractivity contribution in [3.05, 3.63) is 33.4 Å². The third kappa shape index (κ3) is 2.91. The minimum atomic E-state index is 0.172. The number of carbonyl (C=O) groups excluding carboxylic acids is 1. The van der Waals surface area contributed by atoms with Crippen LogP contribution in [0, 0.1) is 3.57 Å². The first-order valence-electron chi connectivity index (χ1n) is 5.33. The van der Waals surface area contributed by atoms with E-state index in [-0.39, 0.29) is 5.91 Å². The van der Waals surface area contributed by atoms with E-state index in [0.717, 1.165) is 28.0 Å². The van der Waals surface area contributed by atoms with Gasteiger partial charge in [-0.3, -0.25) is 4.79 Å². The molecule has 0 radical (unpaired) electrons. The van der Waals surface area contributed by atoms with Crippen LogP contribution in [-0.4, -0.2) is 34.9 Å². The van der Waals surface area contributed by atoms with Crippen molar-refractivity contribution in [3.8, 4) is 0 Å². The molecule has 86 valence electrons. The van der Waals surface area contributed by atoms with Gasteiger partial charge in [0.25, 0.3) is 5.91 Å². The van der Waals surface area contributed by atoms with Crippen LogP contribution in [0.1, 0.15) is 17.3 Å². The summed E-state index contributed by atoms with van der Waals surface area (Å²) in [7, 11) is 0. The smallest absolute Gasteiger partial charge is 0.253 e. The highest BCUT2D eigenvalue weighted by Gasteiger charge is 2.22. The standard InChI is InChI=1S/C12H14INOS/c1-9-8-14(5-6-16-9)12(15)10-3-2-4-11(13)7-10/h2-4,7,9H,5-6,8H2,1H3. The molecule has 0 aliphatic carbocycles. The molecule has 1 fully saturated rings. The van der Waals surface area contributed by atoms with Gasteiger partial charge in [0.2, 0.25) is 0 Å². The molecular weight excluding hydrogens is 333 g/mol. The second-order valence-electron chi connectivity index (χ2n) is 3.94. The maximum absolute atomic E-state index is 12.2. The normalized spacial score (nSPS) is 20.9. The lowest BCUT2D eigenvalue weighted by atomic mass is 10.2. The molecule has 2 rings (SSSR count). The Morgan fingerprint density at radius 3 is 3.06 bits per heavy atom. The van der Waals surface area contributed by atoms with Gasteiger partial charge in [0, 0.05) is 33.2 Å². The first-order valence-corrected chi connectivity index (χ1v) is 7.46. The van der Waals surface area contributed by atoms with E-state index in [0.29, 0.717) is 5.25 Å². The molecule has 1 aromatic carbocycles. The number of hydrogen-bond donors (Lipinski definition) is 0. The molecule has 16 heavy (non-hydrogen) atoms. The van der Waals surface area contributed by atoms with Gasteiger partial charge in [-0.1, -0.05) is 13.0 Å². The van der Waals surface area contributed by atoms with Gasteiger partial charge >= 0.3 is 0 Å². The van der Waals surface area contributed by atoms with Crippen molar-refractivity contribution in [2.24, 2.45) is 0 Å². The van der Waals surface area contributed by atoms with Crippen LogP contribution in [0.3, 0.4) is 0 Å². The number of hydrogen-bond acceptors (Lipinski definition) is 2. The van der Waals surface area contributed by atoms with E-state index in [4.69, 9.17) is 0 Å². The highest BCUT2D eigenvalue weighted by Crippen LogP contribution is 2.20. The minimum Gasteiger partial charge on any atom is -0.337 e. The Morgan fingerprint density at radius 2 is 2.38 bits per heavy atom. The summed E-state index contributed by atoms with van der Waals surface area (Å²) in [5, 5.41) is 0.556. The largest absolute Gasteiger partial charge is 0.337 e. The SMILES string of the molecule is CC1CN(C(=O)c2cccc(I)c2)CCS1. The molecule has 1 saturated heterocycles. The van der Waals surface area contributed by atoms with Gasteiger partial charge in [0.1, 0.15) is 0 Å². The van der Waals surface area contributed by atoms with Gasteiger partial charge in [-0.25, -0.2) is 0 Å². The fourth-order valence-corrected chi connectivity index (χ4v) is 3.36. The van der Waals surface area contributed by atoms with E-state index >= 15 is 0 Å². The van der Waals surface area contributed by atoms with Gasteiger partial charge in [0.05, 0.1) is 0 Å². The molecule has 1 aromatic rings. The topological polar surface area (TPSA) is 20.3 Å². The van der Waals surface area contributed by atoms with E-state index in [1.54, 1.807) is 0 Å². The van der Waals surface area contributed by atoms with Crippen LogP contribution in [0.25, 0.3) is 0 Å². The molecular formula is C12H14INOS. The highest BCUT2D eigenvalue weighted by molar-refractivity contribution is 14.1. The summed E-state index contributed by atoms with van der Waals surface area (Å²) in [6.07, 6.45) is 0. The van der Waals surface area contributed by atoms with Crippen molar-refractivity contribution in [1.82, 2.24) is 4.90 Å². The van der Waals surface area contributed by atoms with Crippen molar-refractivity contribution in [1.29, 1.82) is 0 Å². The summed E-state index contributed by atoms with van der Waals surface area (Å²) in [6.45, 7) is 3.92. The summed E-state index contributed by atoms with van der Waals surface area (Å²) in [5.74, 6) is 1.22. The molecule has 0 N–H and O–H groups in total. The molecule has 0 aromatic heterocycles. The number of benzene rings is 1. The molecule has 0 saturated carbocycles. The monoisotopic (exact) mass is 347 g/mol. The molecule has 1 aliphatic rings. The van der Waals surface area contributed by atoms with Crippen molar-refractivity contribution in [2.45, 2.75) is 12.2 Å². The number of halogens is 1. The quantitative estimate of drug-likeness (QED) is 0.728. The Kier molecular flexibility index (Phi) is 4.13. The van der Waals surface area contributed by atoms with Crippen LogP contribution in [0.15, 0.2) is 24.3 Å². The van der Waals surface area contributed by atoms with E-state index in [1.807, 2.05) is 40.9 Å². The van der Waals surface area contributed by atoms with Crippen LogP contribution < -0.4 is 0 Å². The zero-order chi connectivity index (χ0) is 11.5. The molecule has 0 spiro atoms. The number of rotatable bonds is 1. The van der Waals surface area contributed by atoms with Gasteiger partial charge < -0.3 is 4.90 Å². The van der Waals surface area contributed by atoms with Crippen LogP contribution >= 0.6 is 34.4 Å². The van der Waals surface area contributed by atoms with E-state index in [2.05, 4.69) is 29.5 Å². The molecule has 1 heterocycles. The van der Waals surface area contributed by atoms with E-state index in [9.17, 15) is 4.79 Å². The van der Waals surface area contributed by atoms with Crippen LogP contribution in [0.2, 0.25) is 0 Å². The molecule has 0 bridgehead atoms. The summed E-state index contributed by atoms with van der Waals surface area (Å²) in [6, 6.07) is 7.80. The van der Waals surface area contributed by atoms with Crippen molar-refractivity contribution < 1.29 is 4.79 Å². The maximum atomic E-state index is 12.2. The Hall–Kier alpha value is -0.230. The Balaban J connectivity index is 2.12. The summed E-state index contributed by atoms with van der Waals surface area (Å²) < 4.78 is 1.11. The fraction of sp³-hybridized carbons (Fsp3) is 0.417. The fourth-order valence-electron chi connectivity index (χ4n) is 1.81. The Morgan fingerprint density at radius 1 is 1.56 bits per heavy atom. The van der Waals surface area contributed by atoms with Gasteiger partial charge in [-0.2, -0.15) is 11.8 Å². The average molecular weight is 347 g/mol. The van der Waals surface area contributed by atoms with Gasteiger partial charge in [0.15, 0.2) is 0 Å². The average Bonchev–Trinajstić information content (AvgIpc) is 2.28. The van der Waals surface area contributed by atoms with Crippen molar-refractivity contribution in [3.63, 3.8) is 0 Å². The first-order chi connectivity index (χ1) is 7.66. The number of amides is 1. The molecule has 1 atom stereocenters. The third-order valence-electron chi connectivity index (χ3n) is 2.60. The Labute approximate surface area is 114 Å². The number of carbonyl (C=O) groups is 1. The molecule has 1 unspecified atom stereocenters. The first kappa shape index (κ1) is 12.2. The zero-order valence-electron chi connectivity index (χ0n) is 9.15. The highest BCUT2D eigenvalue weighted by atomic mass is 127. The minimum absolute atomic E-state index is 0.172. The Bertz CT molecular complexity index is 396. The lowest BCUT2D eigenvalue weighted by molar-refractivity contribution is 0.0763. The number of thioether (sulfide) groups is 1. The number of nitrogens with zero attached hydrogens (tertiary/aromatic N) is 1. The van der Waals surface area contributed by atoms with Crippen LogP contribution in [-0.2, 0) is 0 Å². The molecule has 4 heteroatoms. The maximum Gasteiger partial charge on any atom is 0.253 e. The predicted molar refractivity (Wildman–Crippen MR) is 77.0 cm³/mol. The lowest BCUT2D eigenvalue weighted by Gasteiger charge is -2.30. The molecule has 1 amide bonds. The molecule has 2 nitrogen and oxygen atoms in total. The summed E-state index contributed by atoms with van der Waals surface area (Å²) in [5.41, 5.74) is 0.811. The zero-order valence-corrected chi connectivity index (χ0v) is 12.1. The van der Waals surface area contributed by atoms with Gasteiger partial charge in [-0.05, 0) is 40.8 Å². The van der Waals surface area contributed by atoms with E-state index < -0.39 is 0 Å². The van der Waals surface area contributed by atoms with Gasteiger partial charge in [-0.15, -0.1) is 0 Å². The summed E-state index contributed by atoms with van der Waals surface area (Å²) >= 11 is 4.18. The second kappa shape index (κ2) is 5.40. The van der Waals surface area contributed by atoms with Crippen LogP contribution in [0.5, 0.6) is 0 Å².